The number of ether oxygens (including phenoxy) is 2. The summed E-state index contributed by atoms with van der Waals surface area (Å²) in [6, 6.07) is 0. The molecular formula is C23H38O3. The van der Waals surface area contributed by atoms with Crippen molar-refractivity contribution in [2.24, 2.45) is 39.9 Å². The number of hydrogen-bond donors (Lipinski definition) is 0. The minimum Gasteiger partial charge on any atom is -0.381 e. The summed E-state index contributed by atoms with van der Waals surface area (Å²) in [5.41, 5.74) is -0.00787. The Morgan fingerprint density at radius 1 is 0.962 bits per heavy atom. The van der Waals surface area contributed by atoms with Crippen molar-refractivity contribution in [3.63, 3.8) is 0 Å². The third-order valence-electron chi connectivity index (χ3n) is 9.42. The van der Waals surface area contributed by atoms with E-state index in [4.69, 9.17) is 9.47 Å². The van der Waals surface area contributed by atoms with Gasteiger partial charge in [-0.1, -0.05) is 27.7 Å². The van der Waals surface area contributed by atoms with E-state index in [9.17, 15) is 4.79 Å². The molecule has 0 aromatic carbocycles. The number of ketones is 1. The lowest BCUT2D eigenvalue weighted by atomic mass is 9.44. The van der Waals surface area contributed by atoms with Crippen molar-refractivity contribution < 1.29 is 14.3 Å². The molecule has 148 valence electrons. The van der Waals surface area contributed by atoms with Gasteiger partial charge < -0.3 is 9.47 Å². The van der Waals surface area contributed by atoms with Crippen LogP contribution in [0.15, 0.2) is 0 Å². The van der Waals surface area contributed by atoms with Gasteiger partial charge in [0.05, 0.1) is 12.2 Å². The quantitative estimate of drug-likeness (QED) is 0.703. The molecule has 8 atom stereocenters. The maximum absolute atomic E-state index is 13.3. The summed E-state index contributed by atoms with van der Waals surface area (Å²) in [6.07, 6.45) is 8.86. The summed E-state index contributed by atoms with van der Waals surface area (Å²) in [7, 11) is 3.75. The second kappa shape index (κ2) is 6.04. The van der Waals surface area contributed by atoms with Crippen molar-refractivity contribution >= 4 is 5.78 Å². The van der Waals surface area contributed by atoms with E-state index in [2.05, 4.69) is 27.7 Å². The van der Waals surface area contributed by atoms with Crippen LogP contribution in [0.25, 0.3) is 0 Å². The van der Waals surface area contributed by atoms with E-state index in [0.717, 1.165) is 18.8 Å². The molecule has 0 aromatic heterocycles. The Kier molecular flexibility index (Phi) is 4.40. The first-order valence-corrected chi connectivity index (χ1v) is 10.8. The lowest BCUT2D eigenvalue weighted by Crippen LogP contribution is -2.59. The molecule has 4 fully saturated rings. The van der Waals surface area contributed by atoms with E-state index in [-0.39, 0.29) is 16.9 Å². The predicted octanol–water partition coefficient (Wildman–Crippen LogP) is 4.87. The Morgan fingerprint density at radius 3 is 2.35 bits per heavy atom. The third-order valence-corrected chi connectivity index (χ3v) is 9.42. The van der Waals surface area contributed by atoms with Gasteiger partial charge in [0.15, 0.2) is 0 Å². The molecule has 0 radical (unpaired) electrons. The van der Waals surface area contributed by atoms with Crippen molar-refractivity contribution in [1.29, 1.82) is 0 Å². The number of Topliss-reactive ketones (excluding diaryl/α,β-unsaturated/α-hetero) is 1. The number of carbonyl (C=O) groups is 1. The fraction of sp³-hybridized carbons (Fsp3) is 0.957. The first-order valence-electron chi connectivity index (χ1n) is 10.8. The molecule has 4 aliphatic carbocycles. The molecule has 0 N–H and O–H groups in total. The highest BCUT2D eigenvalue weighted by Gasteiger charge is 2.66. The lowest BCUT2D eigenvalue weighted by molar-refractivity contribution is -0.183. The Morgan fingerprint density at radius 2 is 1.69 bits per heavy atom. The normalized spacial score (nSPS) is 52.9. The monoisotopic (exact) mass is 362 g/mol. The Labute approximate surface area is 159 Å². The number of hydrogen-bond acceptors (Lipinski definition) is 3. The van der Waals surface area contributed by atoms with E-state index < -0.39 is 0 Å². The van der Waals surface area contributed by atoms with Gasteiger partial charge in [-0.05, 0) is 74.0 Å². The van der Waals surface area contributed by atoms with Crippen LogP contribution in [0.4, 0.5) is 0 Å². The first-order chi connectivity index (χ1) is 12.2. The number of carbonyl (C=O) groups excluding carboxylic acids is 1. The van der Waals surface area contributed by atoms with Crippen LogP contribution < -0.4 is 0 Å². The van der Waals surface area contributed by atoms with Crippen LogP contribution in [0.2, 0.25) is 0 Å². The minimum absolute atomic E-state index is 0.169. The number of methoxy groups -OCH3 is 2. The molecule has 0 bridgehead atoms. The largest absolute Gasteiger partial charge is 0.381 e. The molecule has 0 unspecified atom stereocenters. The topological polar surface area (TPSA) is 35.5 Å². The highest BCUT2D eigenvalue weighted by atomic mass is 16.5. The molecule has 0 spiro atoms. The van der Waals surface area contributed by atoms with Crippen LogP contribution in [-0.4, -0.2) is 32.2 Å². The van der Waals surface area contributed by atoms with Gasteiger partial charge in [0, 0.05) is 25.0 Å². The molecule has 26 heavy (non-hydrogen) atoms. The Balaban J connectivity index is 1.70. The van der Waals surface area contributed by atoms with Crippen LogP contribution in [0.3, 0.4) is 0 Å². The van der Waals surface area contributed by atoms with Crippen LogP contribution in [0, 0.1) is 39.9 Å². The summed E-state index contributed by atoms with van der Waals surface area (Å²) in [5.74, 6) is 3.02. The van der Waals surface area contributed by atoms with Gasteiger partial charge >= 0.3 is 0 Å². The average Bonchev–Trinajstić information content (AvgIpc) is 2.79. The Hall–Kier alpha value is -0.410. The second-order valence-electron chi connectivity index (χ2n) is 11.0. The van der Waals surface area contributed by atoms with E-state index >= 15 is 0 Å². The van der Waals surface area contributed by atoms with Crippen molar-refractivity contribution in [2.45, 2.75) is 84.8 Å². The SMILES string of the molecule is CO[C@@H]1CC[C@@]2(C)[C@@H](CC[C@@H]3[C@@H]2[C@@H](OC)C[C@]2(C)C(=O)C(C)(C)C[C@@H]32)C1. The third kappa shape index (κ3) is 2.42. The van der Waals surface area contributed by atoms with Gasteiger partial charge in [-0.15, -0.1) is 0 Å². The molecular weight excluding hydrogens is 324 g/mol. The predicted molar refractivity (Wildman–Crippen MR) is 103 cm³/mol. The first kappa shape index (κ1) is 18.9. The van der Waals surface area contributed by atoms with Crippen LogP contribution in [0.1, 0.15) is 72.6 Å². The van der Waals surface area contributed by atoms with Crippen LogP contribution >= 0.6 is 0 Å². The molecule has 3 nitrogen and oxygen atoms in total. The summed E-state index contributed by atoms with van der Waals surface area (Å²) < 4.78 is 11.9. The van der Waals surface area contributed by atoms with Crippen LogP contribution in [-0.2, 0) is 14.3 Å². The van der Waals surface area contributed by atoms with Gasteiger partial charge in [-0.2, -0.15) is 0 Å². The minimum atomic E-state index is -0.182. The smallest absolute Gasteiger partial charge is 0.144 e. The van der Waals surface area contributed by atoms with Crippen LogP contribution in [0.5, 0.6) is 0 Å². The summed E-state index contributed by atoms with van der Waals surface area (Å²) in [6.45, 7) is 9.14. The van der Waals surface area contributed by atoms with E-state index in [1.165, 1.54) is 32.1 Å². The van der Waals surface area contributed by atoms with Crippen molar-refractivity contribution in [2.75, 3.05) is 14.2 Å². The maximum Gasteiger partial charge on any atom is 0.144 e. The summed E-state index contributed by atoms with van der Waals surface area (Å²) >= 11 is 0. The summed E-state index contributed by atoms with van der Waals surface area (Å²) in [4.78, 5) is 13.3. The molecule has 3 heteroatoms. The number of rotatable bonds is 2. The highest BCUT2D eigenvalue weighted by Crippen LogP contribution is 2.68. The zero-order chi connectivity index (χ0) is 18.9. The Bertz CT molecular complexity index is 584. The average molecular weight is 363 g/mol. The standard InChI is InChI=1S/C23H38O3/c1-21(2)12-17-16-8-7-14-11-15(25-5)9-10-22(14,3)19(16)18(26-6)13-23(17,4)20(21)24/h14-19H,7-13H2,1-6H3/t14-,15+,16-,17-,18-,19+,22-,23-/m0/s1. The molecule has 0 aromatic rings. The summed E-state index contributed by atoms with van der Waals surface area (Å²) in [5, 5.41) is 0. The zero-order valence-corrected chi connectivity index (χ0v) is 17.6. The van der Waals surface area contributed by atoms with Gasteiger partial charge in [0.25, 0.3) is 0 Å². The molecule has 4 saturated carbocycles. The van der Waals surface area contributed by atoms with Crippen molar-refractivity contribution in [3.8, 4) is 0 Å². The van der Waals surface area contributed by atoms with Gasteiger partial charge in [-0.3, -0.25) is 4.79 Å². The fourth-order valence-electron chi connectivity index (χ4n) is 8.15. The van der Waals surface area contributed by atoms with Crippen molar-refractivity contribution in [3.05, 3.63) is 0 Å². The maximum atomic E-state index is 13.3. The number of fused-ring (bicyclic) bond motifs is 5. The fourth-order valence-corrected chi connectivity index (χ4v) is 8.15. The molecule has 0 saturated heterocycles. The van der Waals surface area contributed by atoms with E-state index in [1.54, 1.807) is 0 Å². The van der Waals surface area contributed by atoms with E-state index in [0.29, 0.717) is 35.1 Å². The molecule has 4 rings (SSSR count). The van der Waals surface area contributed by atoms with Gasteiger partial charge in [-0.25, -0.2) is 0 Å². The second-order valence-corrected chi connectivity index (χ2v) is 11.0. The van der Waals surface area contributed by atoms with Gasteiger partial charge in [0.1, 0.15) is 5.78 Å². The van der Waals surface area contributed by atoms with Gasteiger partial charge in [0.2, 0.25) is 0 Å². The van der Waals surface area contributed by atoms with Crippen molar-refractivity contribution in [1.82, 2.24) is 0 Å². The molecule has 0 heterocycles. The molecule has 0 amide bonds. The lowest BCUT2D eigenvalue weighted by Gasteiger charge is -2.62. The highest BCUT2D eigenvalue weighted by molar-refractivity contribution is 5.92. The molecule has 0 aliphatic heterocycles. The molecule has 4 aliphatic rings. The zero-order valence-electron chi connectivity index (χ0n) is 17.6. The van der Waals surface area contributed by atoms with E-state index in [1.807, 2.05) is 14.2 Å².